The second-order valence-electron chi connectivity index (χ2n) is 2.29. The number of aryl methyl sites for hydroxylation is 1. The quantitative estimate of drug-likeness (QED) is 0.755. The molecule has 0 amide bonds. The van der Waals surface area contributed by atoms with Crippen molar-refractivity contribution in [1.29, 1.82) is 0 Å². The summed E-state index contributed by atoms with van der Waals surface area (Å²) in [7, 11) is 0. The van der Waals surface area contributed by atoms with E-state index in [1.54, 1.807) is 34.4 Å². The van der Waals surface area contributed by atoms with E-state index in [0.717, 1.165) is 10.0 Å². The van der Waals surface area contributed by atoms with Crippen LogP contribution in [-0.2, 0) is 0 Å². The van der Waals surface area contributed by atoms with Gasteiger partial charge in [-0.3, -0.25) is 0 Å². The molecule has 0 aliphatic carbocycles. The number of aromatic nitrogens is 1. The molecule has 0 aliphatic rings. The summed E-state index contributed by atoms with van der Waals surface area (Å²) >= 11 is 5.20. The largest absolute Gasteiger partial charge is 0.235 e. The summed E-state index contributed by atoms with van der Waals surface area (Å²) in [6.07, 6.45) is 0. The van der Waals surface area contributed by atoms with E-state index in [-0.39, 0.29) is 0 Å². The Morgan fingerprint density at radius 3 is 2.92 bits per heavy atom. The van der Waals surface area contributed by atoms with Crippen molar-refractivity contribution >= 4 is 34.4 Å². The highest BCUT2D eigenvalue weighted by molar-refractivity contribution is 8.02. The monoisotopic (exact) mass is 213 g/mol. The van der Waals surface area contributed by atoms with Gasteiger partial charge in [-0.1, -0.05) is 6.07 Å². The fourth-order valence-electron chi connectivity index (χ4n) is 0.787. The van der Waals surface area contributed by atoms with E-state index in [2.05, 4.69) is 27.9 Å². The Morgan fingerprint density at radius 1 is 1.42 bits per heavy atom. The van der Waals surface area contributed by atoms with Crippen LogP contribution in [0.25, 0.3) is 0 Å². The van der Waals surface area contributed by atoms with Crippen molar-refractivity contribution in [3.8, 4) is 0 Å². The van der Waals surface area contributed by atoms with Gasteiger partial charge in [-0.2, -0.15) is 0 Å². The van der Waals surface area contributed by atoms with Crippen LogP contribution in [0.3, 0.4) is 0 Å². The van der Waals surface area contributed by atoms with Crippen molar-refractivity contribution < 1.29 is 0 Å². The van der Waals surface area contributed by atoms with Crippen molar-refractivity contribution in [2.24, 2.45) is 0 Å². The molecule has 0 unspecified atom stereocenters. The van der Waals surface area contributed by atoms with Gasteiger partial charge in [-0.25, -0.2) is 4.98 Å². The van der Waals surface area contributed by atoms with Crippen LogP contribution in [0.5, 0.6) is 0 Å². The summed E-state index contributed by atoms with van der Waals surface area (Å²) in [5.41, 5.74) is 1.11. The van der Waals surface area contributed by atoms with Crippen molar-refractivity contribution in [2.45, 2.75) is 15.5 Å². The molecule has 2 aromatic rings. The van der Waals surface area contributed by atoms with Gasteiger partial charge in [-0.15, -0.1) is 22.7 Å². The maximum Gasteiger partial charge on any atom is 0.155 e. The SMILES string of the molecule is Cc1csc(Sc2cccs2)n1. The first-order valence-electron chi connectivity index (χ1n) is 3.48. The Balaban J connectivity index is 2.14. The Hall–Kier alpha value is -0.320. The molecular weight excluding hydrogens is 206 g/mol. The van der Waals surface area contributed by atoms with Gasteiger partial charge in [0.2, 0.25) is 0 Å². The minimum absolute atomic E-state index is 1.11. The molecule has 0 atom stereocenters. The Kier molecular flexibility index (Phi) is 2.48. The van der Waals surface area contributed by atoms with Gasteiger partial charge in [-0.05, 0) is 30.1 Å². The smallest absolute Gasteiger partial charge is 0.155 e. The fourth-order valence-corrected chi connectivity index (χ4v) is 3.62. The molecule has 0 fully saturated rings. The molecule has 4 heteroatoms. The predicted molar refractivity (Wildman–Crippen MR) is 55.3 cm³/mol. The first-order chi connectivity index (χ1) is 5.84. The Bertz CT molecular complexity index is 350. The topological polar surface area (TPSA) is 12.9 Å². The van der Waals surface area contributed by atoms with Crippen LogP contribution < -0.4 is 0 Å². The van der Waals surface area contributed by atoms with E-state index in [1.807, 2.05) is 6.92 Å². The second-order valence-corrected chi connectivity index (χ2v) is 5.64. The highest BCUT2D eigenvalue weighted by atomic mass is 32.2. The van der Waals surface area contributed by atoms with E-state index in [9.17, 15) is 0 Å². The Labute approximate surface area is 83.5 Å². The van der Waals surface area contributed by atoms with E-state index in [0.29, 0.717) is 0 Å². The first kappa shape index (κ1) is 8.29. The van der Waals surface area contributed by atoms with Crippen LogP contribution in [0, 0.1) is 6.92 Å². The van der Waals surface area contributed by atoms with E-state index < -0.39 is 0 Å². The first-order valence-corrected chi connectivity index (χ1v) is 6.05. The van der Waals surface area contributed by atoms with Gasteiger partial charge < -0.3 is 0 Å². The van der Waals surface area contributed by atoms with Gasteiger partial charge >= 0.3 is 0 Å². The minimum Gasteiger partial charge on any atom is -0.235 e. The lowest BCUT2D eigenvalue weighted by atomic mass is 10.6. The maximum absolute atomic E-state index is 4.37. The normalized spacial score (nSPS) is 10.4. The van der Waals surface area contributed by atoms with Crippen molar-refractivity contribution in [1.82, 2.24) is 4.98 Å². The highest BCUT2D eigenvalue weighted by Crippen LogP contribution is 2.32. The fraction of sp³-hybridized carbons (Fsp3) is 0.125. The molecule has 2 heterocycles. The molecule has 62 valence electrons. The number of rotatable bonds is 2. The zero-order chi connectivity index (χ0) is 8.39. The van der Waals surface area contributed by atoms with Gasteiger partial charge in [0.25, 0.3) is 0 Å². The molecule has 2 aromatic heterocycles. The molecule has 0 radical (unpaired) electrons. The zero-order valence-corrected chi connectivity index (χ0v) is 8.93. The van der Waals surface area contributed by atoms with Crippen LogP contribution >= 0.6 is 34.4 Å². The zero-order valence-electron chi connectivity index (χ0n) is 6.48. The summed E-state index contributed by atoms with van der Waals surface area (Å²) in [5.74, 6) is 0. The number of hydrogen-bond acceptors (Lipinski definition) is 4. The molecule has 0 aliphatic heterocycles. The van der Waals surface area contributed by atoms with Crippen molar-refractivity contribution in [3.05, 3.63) is 28.6 Å². The summed E-state index contributed by atoms with van der Waals surface area (Å²) in [4.78, 5) is 4.37. The van der Waals surface area contributed by atoms with Crippen LogP contribution in [0.15, 0.2) is 31.4 Å². The van der Waals surface area contributed by atoms with E-state index in [4.69, 9.17) is 0 Å². The van der Waals surface area contributed by atoms with Gasteiger partial charge in [0.1, 0.15) is 0 Å². The molecular formula is C8H7NS3. The lowest BCUT2D eigenvalue weighted by Gasteiger charge is -1.88. The van der Waals surface area contributed by atoms with Gasteiger partial charge in [0.05, 0.1) is 4.21 Å². The van der Waals surface area contributed by atoms with Crippen LogP contribution in [-0.4, -0.2) is 4.98 Å². The molecule has 0 saturated heterocycles. The molecule has 0 bridgehead atoms. The number of hydrogen-bond donors (Lipinski definition) is 0. The third kappa shape index (κ3) is 1.88. The molecule has 0 spiro atoms. The summed E-state index contributed by atoms with van der Waals surface area (Å²) < 4.78 is 2.44. The van der Waals surface area contributed by atoms with E-state index in [1.165, 1.54) is 4.21 Å². The molecule has 1 nitrogen and oxygen atoms in total. The third-order valence-corrected chi connectivity index (χ3v) is 4.37. The summed E-state index contributed by atoms with van der Waals surface area (Å²) in [6.45, 7) is 2.02. The average Bonchev–Trinajstić information content (AvgIpc) is 2.63. The van der Waals surface area contributed by atoms with E-state index >= 15 is 0 Å². The summed E-state index contributed by atoms with van der Waals surface area (Å²) in [6, 6.07) is 4.18. The minimum atomic E-state index is 1.11. The van der Waals surface area contributed by atoms with Gasteiger partial charge in [0, 0.05) is 11.1 Å². The standard InChI is InChI=1S/C8H7NS3/c1-6-5-11-8(9-6)12-7-3-2-4-10-7/h2-5H,1H3. The van der Waals surface area contributed by atoms with Crippen LogP contribution in [0.4, 0.5) is 0 Å². The second kappa shape index (κ2) is 3.60. The molecule has 0 N–H and O–H groups in total. The van der Waals surface area contributed by atoms with Crippen LogP contribution in [0.2, 0.25) is 0 Å². The van der Waals surface area contributed by atoms with Gasteiger partial charge in [0.15, 0.2) is 4.34 Å². The number of thiazole rings is 1. The predicted octanol–water partition coefficient (Wildman–Crippen LogP) is 3.66. The van der Waals surface area contributed by atoms with Crippen LogP contribution in [0.1, 0.15) is 5.69 Å². The molecule has 2 rings (SSSR count). The maximum atomic E-state index is 4.37. The lowest BCUT2D eigenvalue weighted by molar-refractivity contribution is 1.16. The molecule has 0 aromatic carbocycles. The molecule has 0 saturated carbocycles. The van der Waals surface area contributed by atoms with Crippen molar-refractivity contribution in [2.75, 3.05) is 0 Å². The number of thiophene rings is 1. The highest BCUT2D eigenvalue weighted by Gasteiger charge is 2.01. The van der Waals surface area contributed by atoms with Crippen molar-refractivity contribution in [3.63, 3.8) is 0 Å². The number of nitrogens with zero attached hydrogens (tertiary/aromatic N) is 1. The summed E-state index contributed by atoms with van der Waals surface area (Å²) in [5, 5.41) is 4.17. The lowest BCUT2D eigenvalue weighted by Crippen LogP contribution is -1.68. The average molecular weight is 213 g/mol. The Morgan fingerprint density at radius 2 is 2.33 bits per heavy atom. The third-order valence-electron chi connectivity index (χ3n) is 1.28. The molecule has 12 heavy (non-hydrogen) atoms.